The number of rotatable bonds is 3. The first-order valence-corrected chi connectivity index (χ1v) is 7.96. The molecule has 1 aromatic rings. The van der Waals surface area contributed by atoms with Gasteiger partial charge in [0.2, 0.25) is 11.8 Å². The first-order chi connectivity index (χ1) is 11.6. The summed E-state index contributed by atoms with van der Waals surface area (Å²) < 4.78 is 5.23. The van der Waals surface area contributed by atoms with Gasteiger partial charge in [-0.25, -0.2) is 0 Å². The highest BCUT2D eigenvalue weighted by Crippen LogP contribution is 2.28. The van der Waals surface area contributed by atoms with Crippen molar-refractivity contribution in [2.75, 3.05) is 37.0 Å². The summed E-state index contributed by atoms with van der Waals surface area (Å²) in [6.45, 7) is 0.396. The molecular formula is C16H20N4O4. The highest BCUT2D eigenvalue weighted by molar-refractivity contribution is 6.10. The van der Waals surface area contributed by atoms with E-state index in [1.165, 1.54) is 23.1 Å². The van der Waals surface area contributed by atoms with Crippen LogP contribution in [0, 0.1) is 0 Å². The van der Waals surface area contributed by atoms with Crippen molar-refractivity contribution in [1.82, 2.24) is 9.88 Å². The first kappa shape index (κ1) is 16.4. The van der Waals surface area contributed by atoms with Crippen molar-refractivity contribution in [2.45, 2.75) is 25.4 Å². The number of aromatic nitrogens is 1. The third-order valence-electron chi connectivity index (χ3n) is 4.31. The Morgan fingerprint density at radius 2 is 2.25 bits per heavy atom. The maximum atomic E-state index is 12.7. The van der Waals surface area contributed by atoms with Crippen molar-refractivity contribution >= 4 is 29.1 Å². The number of anilines is 2. The molecule has 8 nitrogen and oxygen atoms in total. The first-order valence-electron chi connectivity index (χ1n) is 7.96. The molecule has 128 valence electrons. The number of methoxy groups -OCH3 is 1. The lowest BCUT2D eigenvalue weighted by atomic mass is 10.2. The van der Waals surface area contributed by atoms with Gasteiger partial charge in [-0.1, -0.05) is 0 Å². The number of nitrogens with zero attached hydrogens (tertiary/aromatic N) is 3. The Morgan fingerprint density at radius 3 is 3.04 bits per heavy atom. The van der Waals surface area contributed by atoms with E-state index in [0.29, 0.717) is 24.3 Å². The molecule has 0 saturated carbocycles. The lowest BCUT2D eigenvalue weighted by molar-refractivity contribution is -0.143. The molecule has 0 radical (unpaired) electrons. The fourth-order valence-electron chi connectivity index (χ4n) is 3.05. The van der Waals surface area contributed by atoms with Crippen molar-refractivity contribution in [1.29, 1.82) is 0 Å². The van der Waals surface area contributed by atoms with Gasteiger partial charge in [-0.15, -0.1) is 0 Å². The molecule has 1 atom stereocenters. The Labute approximate surface area is 139 Å². The van der Waals surface area contributed by atoms with E-state index in [1.54, 1.807) is 12.3 Å². The van der Waals surface area contributed by atoms with E-state index in [2.05, 4.69) is 10.3 Å². The monoisotopic (exact) mass is 332 g/mol. The molecule has 0 aliphatic carbocycles. The lowest BCUT2D eigenvalue weighted by Crippen LogP contribution is -2.49. The number of fused-ring (bicyclic) bond motifs is 1. The van der Waals surface area contributed by atoms with E-state index in [-0.39, 0.29) is 30.8 Å². The summed E-state index contributed by atoms with van der Waals surface area (Å²) in [4.78, 5) is 43.9. The van der Waals surface area contributed by atoms with Crippen LogP contribution in [0.3, 0.4) is 0 Å². The Kier molecular flexibility index (Phi) is 4.75. The Bertz CT molecular complexity index is 663. The zero-order valence-electron chi connectivity index (χ0n) is 13.5. The average molecular weight is 332 g/mol. The van der Waals surface area contributed by atoms with Crippen LogP contribution < -0.4 is 10.2 Å². The molecule has 3 heterocycles. The topological polar surface area (TPSA) is 91.8 Å². The van der Waals surface area contributed by atoms with Crippen LogP contribution in [0.2, 0.25) is 0 Å². The molecule has 3 rings (SSSR count). The number of hydrogen-bond donors (Lipinski definition) is 1. The van der Waals surface area contributed by atoms with E-state index in [4.69, 9.17) is 4.74 Å². The Hall–Kier alpha value is -2.48. The second-order valence-electron chi connectivity index (χ2n) is 5.90. The Morgan fingerprint density at radius 1 is 1.42 bits per heavy atom. The standard InChI is InChI=1S/C16H20N4O4/c1-24-13-4-2-3-7-19(16(13)23)10-15(22)20-9-14(21)18-11-8-17-6-5-12(11)20/h5-6,8,13H,2-4,7,9-10H2,1H3,(H,18,21). The van der Waals surface area contributed by atoms with E-state index >= 15 is 0 Å². The average Bonchev–Trinajstić information content (AvgIpc) is 2.75. The van der Waals surface area contributed by atoms with Crippen molar-refractivity contribution in [3.05, 3.63) is 18.5 Å². The van der Waals surface area contributed by atoms with Crippen LogP contribution >= 0.6 is 0 Å². The minimum atomic E-state index is -0.499. The van der Waals surface area contributed by atoms with Crippen LogP contribution in [0.5, 0.6) is 0 Å². The van der Waals surface area contributed by atoms with Crippen molar-refractivity contribution in [3.8, 4) is 0 Å². The second kappa shape index (κ2) is 6.96. The number of hydrogen-bond acceptors (Lipinski definition) is 5. The van der Waals surface area contributed by atoms with Gasteiger partial charge in [-0.05, 0) is 25.3 Å². The van der Waals surface area contributed by atoms with Crippen LogP contribution in [0.1, 0.15) is 19.3 Å². The van der Waals surface area contributed by atoms with Crippen LogP contribution in [0.25, 0.3) is 0 Å². The number of amides is 3. The number of ether oxygens (including phenoxy) is 1. The highest BCUT2D eigenvalue weighted by Gasteiger charge is 2.32. The minimum Gasteiger partial charge on any atom is -0.372 e. The quantitative estimate of drug-likeness (QED) is 0.865. The summed E-state index contributed by atoms with van der Waals surface area (Å²) in [6.07, 6.45) is 4.96. The largest absolute Gasteiger partial charge is 0.372 e. The van der Waals surface area contributed by atoms with Gasteiger partial charge >= 0.3 is 0 Å². The molecule has 3 amide bonds. The lowest BCUT2D eigenvalue weighted by Gasteiger charge is -2.31. The predicted molar refractivity (Wildman–Crippen MR) is 86.4 cm³/mol. The van der Waals surface area contributed by atoms with Gasteiger partial charge in [-0.3, -0.25) is 24.3 Å². The van der Waals surface area contributed by atoms with Gasteiger partial charge in [0.25, 0.3) is 5.91 Å². The van der Waals surface area contributed by atoms with Gasteiger partial charge in [0.05, 0.1) is 17.6 Å². The van der Waals surface area contributed by atoms with E-state index in [9.17, 15) is 14.4 Å². The molecule has 1 fully saturated rings. The number of carbonyl (C=O) groups is 3. The molecular weight excluding hydrogens is 312 g/mol. The molecule has 0 spiro atoms. The zero-order chi connectivity index (χ0) is 17.1. The number of likely N-dealkylation sites (tertiary alicyclic amines) is 1. The fourth-order valence-corrected chi connectivity index (χ4v) is 3.05. The molecule has 2 aliphatic heterocycles. The van der Waals surface area contributed by atoms with Crippen LogP contribution in [0.15, 0.2) is 18.5 Å². The van der Waals surface area contributed by atoms with Gasteiger partial charge in [0.15, 0.2) is 0 Å². The molecule has 1 saturated heterocycles. The number of nitrogens with one attached hydrogen (secondary N) is 1. The summed E-state index contributed by atoms with van der Waals surface area (Å²) in [5, 5.41) is 2.69. The van der Waals surface area contributed by atoms with E-state index in [1.807, 2.05) is 0 Å². The predicted octanol–water partition coefficient (Wildman–Crippen LogP) is 0.394. The molecule has 2 aliphatic rings. The molecule has 1 unspecified atom stereocenters. The zero-order valence-corrected chi connectivity index (χ0v) is 13.5. The fraction of sp³-hybridized carbons (Fsp3) is 0.500. The minimum absolute atomic E-state index is 0.0618. The molecule has 0 bridgehead atoms. The summed E-state index contributed by atoms with van der Waals surface area (Å²) in [5.41, 5.74) is 1.10. The third-order valence-corrected chi connectivity index (χ3v) is 4.31. The van der Waals surface area contributed by atoms with E-state index < -0.39 is 6.10 Å². The molecule has 24 heavy (non-hydrogen) atoms. The van der Waals surface area contributed by atoms with Crippen molar-refractivity contribution < 1.29 is 19.1 Å². The summed E-state index contributed by atoms with van der Waals surface area (Å²) in [5.74, 6) is -0.733. The summed E-state index contributed by atoms with van der Waals surface area (Å²) in [7, 11) is 1.51. The SMILES string of the molecule is COC1CCCCN(CC(=O)N2CC(=O)Nc3cnccc32)C1=O. The summed E-state index contributed by atoms with van der Waals surface area (Å²) in [6, 6.07) is 1.68. The molecule has 8 heteroatoms. The second-order valence-corrected chi connectivity index (χ2v) is 5.90. The van der Waals surface area contributed by atoms with Crippen LogP contribution in [-0.2, 0) is 19.1 Å². The maximum absolute atomic E-state index is 12.7. The summed E-state index contributed by atoms with van der Waals surface area (Å²) >= 11 is 0. The molecule has 0 aromatic carbocycles. The number of carbonyl (C=O) groups excluding carboxylic acids is 3. The van der Waals surface area contributed by atoms with Gasteiger partial charge < -0.3 is 15.0 Å². The Balaban J connectivity index is 1.77. The third kappa shape index (κ3) is 3.23. The van der Waals surface area contributed by atoms with Crippen molar-refractivity contribution in [3.63, 3.8) is 0 Å². The van der Waals surface area contributed by atoms with Gasteiger partial charge in [0, 0.05) is 19.9 Å². The molecule has 1 N–H and O–H groups in total. The van der Waals surface area contributed by atoms with Gasteiger partial charge in [0.1, 0.15) is 19.2 Å². The normalized spacial score (nSPS) is 21.1. The smallest absolute Gasteiger partial charge is 0.252 e. The molecule has 1 aromatic heterocycles. The van der Waals surface area contributed by atoms with E-state index in [0.717, 1.165) is 12.8 Å². The van der Waals surface area contributed by atoms with Crippen LogP contribution in [-0.4, -0.2) is 60.5 Å². The van der Waals surface area contributed by atoms with Gasteiger partial charge in [-0.2, -0.15) is 0 Å². The maximum Gasteiger partial charge on any atom is 0.252 e. The number of pyridine rings is 1. The highest BCUT2D eigenvalue weighted by atomic mass is 16.5. The van der Waals surface area contributed by atoms with Crippen molar-refractivity contribution in [2.24, 2.45) is 0 Å². The van der Waals surface area contributed by atoms with Crippen LogP contribution in [0.4, 0.5) is 11.4 Å².